The van der Waals surface area contributed by atoms with Gasteiger partial charge in [0.25, 0.3) is 11.7 Å². The lowest BCUT2D eigenvalue weighted by molar-refractivity contribution is -0.140. The van der Waals surface area contributed by atoms with Gasteiger partial charge in [0.2, 0.25) is 0 Å². The molecule has 1 aliphatic heterocycles. The van der Waals surface area contributed by atoms with E-state index in [0.717, 1.165) is 5.56 Å². The number of hydrogen-bond donors (Lipinski definition) is 1. The SMILES string of the molecule is COc1ccc(/C(O)=C2/C(=O)C(=O)N(Cc3ccncc3)C2c2ccco2)cc1Cl. The average Bonchev–Trinajstić information content (AvgIpc) is 3.37. The molecule has 1 atom stereocenters. The van der Waals surface area contributed by atoms with Crippen LogP contribution in [0.15, 0.2) is 71.1 Å². The fourth-order valence-corrected chi connectivity index (χ4v) is 3.70. The van der Waals surface area contributed by atoms with Crippen molar-refractivity contribution < 1.29 is 23.8 Å². The number of halogens is 1. The van der Waals surface area contributed by atoms with Crippen LogP contribution < -0.4 is 4.74 Å². The maximum absolute atomic E-state index is 12.9. The monoisotopic (exact) mass is 424 g/mol. The highest BCUT2D eigenvalue weighted by atomic mass is 35.5. The van der Waals surface area contributed by atoms with E-state index in [4.69, 9.17) is 20.8 Å². The summed E-state index contributed by atoms with van der Waals surface area (Å²) in [4.78, 5) is 31.1. The number of aromatic nitrogens is 1. The number of likely N-dealkylation sites (tertiary alicyclic amines) is 1. The Morgan fingerprint density at radius 3 is 2.63 bits per heavy atom. The van der Waals surface area contributed by atoms with Gasteiger partial charge in [-0.25, -0.2) is 0 Å². The zero-order valence-electron chi connectivity index (χ0n) is 15.9. The summed E-state index contributed by atoms with van der Waals surface area (Å²) in [5.41, 5.74) is 1.01. The van der Waals surface area contributed by atoms with Gasteiger partial charge in [0.05, 0.1) is 24.0 Å². The molecule has 1 saturated heterocycles. The van der Waals surface area contributed by atoms with Crippen LogP contribution in [-0.4, -0.2) is 33.8 Å². The van der Waals surface area contributed by atoms with Crippen molar-refractivity contribution >= 4 is 29.1 Å². The van der Waals surface area contributed by atoms with E-state index in [2.05, 4.69) is 4.98 Å². The predicted molar refractivity (Wildman–Crippen MR) is 109 cm³/mol. The van der Waals surface area contributed by atoms with E-state index in [1.165, 1.54) is 24.3 Å². The molecule has 8 heteroatoms. The van der Waals surface area contributed by atoms with Crippen LogP contribution in [0.3, 0.4) is 0 Å². The lowest BCUT2D eigenvalue weighted by atomic mass is 9.99. The van der Waals surface area contributed by atoms with Gasteiger partial charge in [-0.15, -0.1) is 0 Å². The van der Waals surface area contributed by atoms with Gasteiger partial charge in [-0.1, -0.05) is 11.6 Å². The third kappa shape index (κ3) is 3.44. The molecule has 0 aliphatic carbocycles. The molecule has 1 amide bonds. The molecule has 1 fully saturated rings. The summed E-state index contributed by atoms with van der Waals surface area (Å²) >= 11 is 6.17. The number of nitrogens with zero attached hydrogens (tertiary/aromatic N) is 2. The molecule has 3 heterocycles. The molecule has 4 rings (SSSR count). The number of Topliss-reactive ketones (excluding diaryl/α,β-unsaturated/α-hetero) is 1. The van der Waals surface area contributed by atoms with Crippen LogP contribution in [-0.2, 0) is 16.1 Å². The Morgan fingerprint density at radius 2 is 2.00 bits per heavy atom. The minimum absolute atomic E-state index is 0.0646. The fourth-order valence-electron chi connectivity index (χ4n) is 3.44. The number of methoxy groups -OCH3 is 1. The maximum atomic E-state index is 12.9. The maximum Gasteiger partial charge on any atom is 0.296 e. The molecule has 0 bridgehead atoms. The number of aliphatic hydroxyl groups excluding tert-OH is 1. The first-order valence-corrected chi connectivity index (χ1v) is 9.43. The Morgan fingerprint density at radius 1 is 1.23 bits per heavy atom. The highest BCUT2D eigenvalue weighted by molar-refractivity contribution is 6.46. The zero-order valence-corrected chi connectivity index (χ0v) is 16.7. The van der Waals surface area contributed by atoms with Gasteiger partial charge in [-0.3, -0.25) is 14.6 Å². The number of aliphatic hydroxyl groups is 1. The smallest absolute Gasteiger partial charge is 0.296 e. The van der Waals surface area contributed by atoms with Gasteiger partial charge in [0.1, 0.15) is 23.3 Å². The Kier molecular flexibility index (Phi) is 5.29. The summed E-state index contributed by atoms with van der Waals surface area (Å²) in [5.74, 6) is -1.07. The van der Waals surface area contributed by atoms with Crippen LogP contribution >= 0.6 is 11.6 Å². The number of hydrogen-bond acceptors (Lipinski definition) is 6. The Balaban J connectivity index is 1.83. The Bertz CT molecular complexity index is 1130. The molecule has 30 heavy (non-hydrogen) atoms. The van der Waals surface area contributed by atoms with Crippen LogP contribution in [0.1, 0.15) is 22.9 Å². The van der Waals surface area contributed by atoms with E-state index in [-0.39, 0.29) is 22.9 Å². The van der Waals surface area contributed by atoms with Crippen LogP contribution in [0, 0.1) is 0 Å². The number of carbonyl (C=O) groups is 2. The molecular weight excluding hydrogens is 408 g/mol. The summed E-state index contributed by atoms with van der Waals surface area (Å²) in [6.07, 6.45) is 4.66. The Labute approximate surface area is 177 Å². The highest BCUT2D eigenvalue weighted by Gasteiger charge is 2.47. The molecule has 0 saturated carbocycles. The van der Waals surface area contributed by atoms with Crippen LogP contribution in [0.2, 0.25) is 5.02 Å². The minimum Gasteiger partial charge on any atom is -0.507 e. The number of ether oxygens (including phenoxy) is 1. The van der Waals surface area contributed by atoms with Crippen molar-refractivity contribution in [2.75, 3.05) is 7.11 Å². The average molecular weight is 425 g/mol. The van der Waals surface area contributed by atoms with Crippen molar-refractivity contribution in [1.29, 1.82) is 0 Å². The van der Waals surface area contributed by atoms with E-state index in [9.17, 15) is 14.7 Å². The summed E-state index contributed by atoms with van der Waals surface area (Å²) in [6.45, 7) is 0.151. The topological polar surface area (TPSA) is 92.9 Å². The first kappa shape index (κ1) is 19.7. The van der Waals surface area contributed by atoms with Crippen molar-refractivity contribution in [2.45, 2.75) is 12.6 Å². The summed E-state index contributed by atoms with van der Waals surface area (Å²) in [7, 11) is 1.47. The van der Waals surface area contributed by atoms with Gasteiger partial charge in [-0.2, -0.15) is 0 Å². The van der Waals surface area contributed by atoms with Gasteiger partial charge < -0.3 is 19.2 Å². The number of furan rings is 1. The lowest BCUT2D eigenvalue weighted by Gasteiger charge is -2.23. The van der Waals surface area contributed by atoms with E-state index < -0.39 is 17.7 Å². The van der Waals surface area contributed by atoms with Gasteiger partial charge in [0, 0.05) is 24.5 Å². The van der Waals surface area contributed by atoms with Crippen LogP contribution in [0.4, 0.5) is 0 Å². The number of amides is 1. The summed E-state index contributed by atoms with van der Waals surface area (Å²) in [6, 6.07) is 10.6. The molecule has 1 aliphatic rings. The number of ketones is 1. The lowest BCUT2D eigenvalue weighted by Crippen LogP contribution is -2.29. The number of rotatable bonds is 5. The van der Waals surface area contributed by atoms with Crippen molar-refractivity contribution in [3.8, 4) is 5.75 Å². The van der Waals surface area contributed by atoms with Crippen molar-refractivity contribution in [1.82, 2.24) is 9.88 Å². The quantitative estimate of drug-likeness (QED) is 0.378. The minimum atomic E-state index is -0.881. The standard InChI is InChI=1S/C22H17ClN2O5/c1-29-16-5-4-14(11-15(16)23)20(26)18-19(17-3-2-10-30-17)25(22(28)21(18)27)12-13-6-8-24-9-7-13/h2-11,19,26H,12H2,1H3/b20-18-. The normalized spacial score (nSPS) is 18.1. The third-order valence-corrected chi connectivity index (χ3v) is 5.18. The molecule has 1 unspecified atom stereocenters. The summed E-state index contributed by atoms with van der Waals surface area (Å²) in [5, 5.41) is 11.2. The number of carbonyl (C=O) groups excluding carboxylic acids is 2. The van der Waals surface area contributed by atoms with Crippen molar-refractivity contribution in [2.24, 2.45) is 0 Å². The van der Waals surface area contributed by atoms with Crippen LogP contribution in [0.5, 0.6) is 5.75 Å². The van der Waals surface area contributed by atoms with E-state index in [1.807, 2.05) is 0 Å². The van der Waals surface area contributed by atoms with Gasteiger partial charge in [-0.05, 0) is 48.0 Å². The Hall–Kier alpha value is -3.58. The first-order valence-electron chi connectivity index (χ1n) is 9.06. The molecule has 3 aromatic rings. The van der Waals surface area contributed by atoms with Gasteiger partial charge >= 0.3 is 0 Å². The van der Waals surface area contributed by atoms with Gasteiger partial charge in [0.15, 0.2) is 0 Å². The molecule has 0 radical (unpaired) electrons. The molecule has 0 spiro atoms. The second-order valence-corrected chi connectivity index (χ2v) is 7.05. The number of pyridine rings is 1. The fraction of sp³-hybridized carbons (Fsp3) is 0.136. The molecule has 2 aromatic heterocycles. The molecule has 1 N–H and O–H groups in total. The molecule has 7 nitrogen and oxygen atoms in total. The van der Waals surface area contributed by atoms with Crippen molar-refractivity contribution in [3.63, 3.8) is 0 Å². The van der Waals surface area contributed by atoms with E-state index in [1.54, 1.807) is 48.8 Å². The third-order valence-electron chi connectivity index (χ3n) is 4.88. The largest absolute Gasteiger partial charge is 0.507 e. The van der Waals surface area contributed by atoms with E-state index in [0.29, 0.717) is 17.1 Å². The molecule has 152 valence electrons. The second-order valence-electron chi connectivity index (χ2n) is 6.65. The predicted octanol–water partition coefficient (Wildman–Crippen LogP) is 3.96. The molecular formula is C22H17ClN2O5. The van der Waals surface area contributed by atoms with E-state index >= 15 is 0 Å². The highest BCUT2D eigenvalue weighted by Crippen LogP contribution is 2.41. The van der Waals surface area contributed by atoms with Crippen LogP contribution in [0.25, 0.3) is 5.76 Å². The first-order chi connectivity index (χ1) is 14.5. The van der Waals surface area contributed by atoms with Crippen molar-refractivity contribution in [3.05, 3.63) is 88.6 Å². The molecule has 1 aromatic carbocycles. The second kappa shape index (κ2) is 8.04. The summed E-state index contributed by atoms with van der Waals surface area (Å²) < 4.78 is 10.6. The number of benzene rings is 1. The zero-order chi connectivity index (χ0) is 21.3.